The predicted molar refractivity (Wildman–Crippen MR) is 66.0 cm³/mol. The summed E-state index contributed by atoms with van der Waals surface area (Å²) in [7, 11) is 0. The van der Waals surface area contributed by atoms with Gasteiger partial charge in [-0.05, 0) is 36.7 Å². The molecule has 2 heterocycles. The number of nitrogens with zero attached hydrogens (tertiary/aromatic N) is 3. The topological polar surface area (TPSA) is 72.5 Å². The van der Waals surface area contributed by atoms with Crippen LogP contribution >= 0.6 is 0 Å². The first-order chi connectivity index (χ1) is 8.38. The standard InChI is InChI=1S/C12H13N5/c13-4-3-9-6-14-12-2-1-10(5-11(9)12)17-7-15-16-8-17/h1-2,5-8,14H,3-4,13H2. The minimum Gasteiger partial charge on any atom is -0.361 e. The lowest BCUT2D eigenvalue weighted by Crippen LogP contribution is -2.01. The minimum absolute atomic E-state index is 0.657. The molecule has 0 unspecified atom stereocenters. The van der Waals surface area contributed by atoms with Crippen LogP contribution in [0, 0.1) is 0 Å². The number of fused-ring (bicyclic) bond motifs is 1. The van der Waals surface area contributed by atoms with E-state index in [-0.39, 0.29) is 0 Å². The van der Waals surface area contributed by atoms with Gasteiger partial charge in [0.25, 0.3) is 0 Å². The van der Waals surface area contributed by atoms with Crippen LogP contribution in [0.25, 0.3) is 16.6 Å². The highest BCUT2D eigenvalue weighted by Gasteiger charge is 2.05. The van der Waals surface area contributed by atoms with E-state index in [0.29, 0.717) is 6.54 Å². The molecule has 2 aromatic heterocycles. The van der Waals surface area contributed by atoms with Gasteiger partial charge in [-0.3, -0.25) is 4.57 Å². The van der Waals surface area contributed by atoms with Crippen molar-refractivity contribution in [3.63, 3.8) is 0 Å². The van der Waals surface area contributed by atoms with Crippen molar-refractivity contribution in [1.82, 2.24) is 19.7 Å². The highest BCUT2D eigenvalue weighted by molar-refractivity contribution is 5.85. The van der Waals surface area contributed by atoms with Gasteiger partial charge >= 0.3 is 0 Å². The molecule has 3 aromatic rings. The molecule has 0 fully saturated rings. The van der Waals surface area contributed by atoms with Gasteiger partial charge in [0.05, 0.1) is 0 Å². The molecule has 17 heavy (non-hydrogen) atoms. The lowest BCUT2D eigenvalue weighted by Gasteiger charge is -2.02. The Morgan fingerprint density at radius 2 is 2.06 bits per heavy atom. The zero-order valence-corrected chi connectivity index (χ0v) is 9.30. The third-order valence-electron chi connectivity index (χ3n) is 2.88. The molecule has 0 aliphatic carbocycles. The van der Waals surface area contributed by atoms with Crippen molar-refractivity contribution >= 4 is 10.9 Å². The summed E-state index contributed by atoms with van der Waals surface area (Å²) in [6.45, 7) is 0.657. The minimum atomic E-state index is 0.657. The lowest BCUT2D eigenvalue weighted by atomic mass is 10.1. The Morgan fingerprint density at radius 1 is 1.24 bits per heavy atom. The third kappa shape index (κ3) is 1.70. The van der Waals surface area contributed by atoms with Crippen LogP contribution in [0.5, 0.6) is 0 Å². The van der Waals surface area contributed by atoms with Crippen LogP contribution in [0.4, 0.5) is 0 Å². The maximum absolute atomic E-state index is 5.60. The summed E-state index contributed by atoms with van der Waals surface area (Å²) in [5.41, 5.74) is 9.04. The second-order valence-electron chi connectivity index (χ2n) is 3.95. The zero-order valence-electron chi connectivity index (χ0n) is 9.30. The van der Waals surface area contributed by atoms with Crippen molar-refractivity contribution in [2.24, 2.45) is 5.73 Å². The molecule has 86 valence electrons. The van der Waals surface area contributed by atoms with Gasteiger partial charge in [0.2, 0.25) is 0 Å². The Morgan fingerprint density at radius 3 is 2.82 bits per heavy atom. The van der Waals surface area contributed by atoms with Gasteiger partial charge < -0.3 is 10.7 Å². The van der Waals surface area contributed by atoms with E-state index < -0.39 is 0 Å². The molecule has 0 spiro atoms. The molecular weight excluding hydrogens is 214 g/mol. The molecule has 5 heteroatoms. The summed E-state index contributed by atoms with van der Waals surface area (Å²) in [6, 6.07) is 6.22. The maximum atomic E-state index is 5.60. The average molecular weight is 227 g/mol. The largest absolute Gasteiger partial charge is 0.361 e. The summed E-state index contributed by atoms with van der Waals surface area (Å²) in [6.07, 6.45) is 6.28. The fourth-order valence-electron chi connectivity index (χ4n) is 2.02. The fourth-order valence-corrected chi connectivity index (χ4v) is 2.02. The number of H-pyrrole nitrogens is 1. The number of benzene rings is 1. The molecule has 1 aromatic carbocycles. The van der Waals surface area contributed by atoms with Gasteiger partial charge in [-0.2, -0.15) is 0 Å². The summed E-state index contributed by atoms with van der Waals surface area (Å²) in [5, 5.41) is 8.83. The second-order valence-corrected chi connectivity index (χ2v) is 3.95. The van der Waals surface area contributed by atoms with Crippen molar-refractivity contribution in [2.75, 3.05) is 6.54 Å². The molecule has 0 radical (unpaired) electrons. The molecule has 0 aliphatic rings. The smallest absolute Gasteiger partial charge is 0.123 e. The van der Waals surface area contributed by atoms with E-state index in [0.717, 1.165) is 17.6 Å². The van der Waals surface area contributed by atoms with E-state index in [2.05, 4.69) is 27.3 Å². The van der Waals surface area contributed by atoms with Crippen molar-refractivity contribution < 1.29 is 0 Å². The number of aromatic amines is 1. The molecular formula is C12H13N5. The van der Waals surface area contributed by atoms with Crippen LogP contribution in [0.15, 0.2) is 37.1 Å². The Kier molecular flexibility index (Phi) is 2.38. The molecule has 0 saturated heterocycles. The van der Waals surface area contributed by atoms with Gasteiger partial charge in [0.1, 0.15) is 12.7 Å². The summed E-state index contributed by atoms with van der Waals surface area (Å²) in [4.78, 5) is 3.25. The van der Waals surface area contributed by atoms with Gasteiger partial charge in [0.15, 0.2) is 0 Å². The Labute approximate surface area is 98.3 Å². The summed E-state index contributed by atoms with van der Waals surface area (Å²) in [5.74, 6) is 0. The Hall–Kier alpha value is -2.14. The number of aromatic nitrogens is 4. The van der Waals surface area contributed by atoms with Crippen molar-refractivity contribution in [3.8, 4) is 5.69 Å². The van der Waals surface area contributed by atoms with E-state index in [9.17, 15) is 0 Å². The molecule has 0 atom stereocenters. The van der Waals surface area contributed by atoms with Crippen molar-refractivity contribution in [3.05, 3.63) is 42.6 Å². The van der Waals surface area contributed by atoms with E-state index in [1.807, 2.05) is 16.8 Å². The first-order valence-electron chi connectivity index (χ1n) is 5.53. The molecule has 0 saturated carbocycles. The molecule has 5 nitrogen and oxygen atoms in total. The molecule has 0 bridgehead atoms. The van der Waals surface area contributed by atoms with Crippen molar-refractivity contribution in [2.45, 2.75) is 6.42 Å². The predicted octanol–water partition coefficient (Wildman–Crippen LogP) is 1.25. The molecule has 0 amide bonds. The number of rotatable bonds is 3. The SMILES string of the molecule is NCCc1c[nH]c2ccc(-n3cnnc3)cc12. The van der Waals surface area contributed by atoms with E-state index >= 15 is 0 Å². The highest BCUT2D eigenvalue weighted by atomic mass is 15.2. The maximum Gasteiger partial charge on any atom is 0.123 e. The molecule has 0 aliphatic heterocycles. The van der Waals surface area contributed by atoms with Crippen LogP contribution in [-0.2, 0) is 6.42 Å². The van der Waals surface area contributed by atoms with E-state index in [4.69, 9.17) is 5.73 Å². The number of hydrogen-bond acceptors (Lipinski definition) is 3. The Balaban J connectivity index is 2.13. The molecule has 3 N–H and O–H groups in total. The van der Waals surface area contributed by atoms with Crippen LogP contribution in [0.1, 0.15) is 5.56 Å². The van der Waals surface area contributed by atoms with E-state index in [1.165, 1.54) is 10.9 Å². The zero-order chi connectivity index (χ0) is 11.7. The number of hydrogen-bond donors (Lipinski definition) is 2. The number of nitrogens with one attached hydrogen (secondary N) is 1. The first kappa shape index (κ1) is 10.0. The normalized spacial score (nSPS) is 11.1. The van der Waals surface area contributed by atoms with Crippen LogP contribution in [0.2, 0.25) is 0 Å². The van der Waals surface area contributed by atoms with Crippen LogP contribution in [-0.4, -0.2) is 26.3 Å². The first-order valence-corrected chi connectivity index (χ1v) is 5.53. The van der Waals surface area contributed by atoms with Gasteiger partial charge in [-0.1, -0.05) is 0 Å². The fraction of sp³-hybridized carbons (Fsp3) is 0.167. The monoisotopic (exact) mass is 227 g/mol. The lowest BCUT2D eigenvalue weighted by molar-refractivity contribution is 0.976. The van der Waals surface area contributed by atoms with E-state index in [1.54, 1.807) is 12.7 Å². The average Bonchev–Trinajstić information content (AvgIpc) is 2.98. The summed E-state index contributed by atoms with van der Waals surface area (Å²) < 4.78 is 1.89. The number of nitrogens with two attached hydrogens (primary N) is 1. The highest BCUT2D eigenvalue weighted by Crippen LogP contribution is 2.21. The quantitative estimate of drug-likeness (QED) is 0.707. The van der Waals surface area contributed by atoms with Crippen LogP contribution < -0.4 is 5.73 Å². The van der Waals surface area contributed by atoms with Crippen LogP contribution in [0.3, 0.4) is 0 Å². The van der Waals surface area contributed by atoms with Gasteiger partial charge in [-0.25, -0.2) is 0 Å². The van der Waals surface area contributed by atoms with Gasteiger partial charge in [-0.15, -0.1) is 10.2 Å². The second kappa shape index (κ2) is 4.03. The third-order valence-corrected chi connectivity index (χ3v) is 2.88. The van der Waals surface area contributed by atoms with Crippen molar-refractivity contribution in [1.29, 1.82) is 0 Å². The van der Waals surface area contributed by atoms with Gasteiger partial charge in [0, 0.05) is 22.8 Å². The Bertz CT molecular complexity index is 623. The molecule has 3 rings (SSSR count). The summed E-state index contributed by atoms with van der Waals surface area (Å²) >= 11 is 0.